The van der Waals surface area contributed by atoms with E-state index in [9.17, 15) is 18.3 Å². The summed E-state index contributed by atoms with van der Waals surface area (Å²) >= 11 is 1.64. The van der Waals surface area contributed by atoms with Crippen LogP contribution in [0, 0.1) is 12.8 Å². The zero-order chi connectivity index (χ0) is 24.1. The van der Waals surface area contributed by atoms with E-state index in [4.69, 9.17) is 0 Å². The average molecular weight is 496 g/mol. The molecular weight excluding hydrogens is 466 g/mol. The number of benzene rings is 3. The summed E-state index contributed by atoms with van der Waals surface area (Å²) in [6.07, 6.45) is 1.29. The van der Waals surface area contributed by atoms with Crippen molar-refractivity contribution in [3.8, 4) is 0 Å². The van der Waals surface area contributed by atoms with Crippen LogP contribution in [-0.2, 0) is 21.2 Å². The van der Waals surface area contributed by atoms with Gasteiger partial charge in [0.05, 0.1) is 16.9 Å². The van der Waals surface area contributed by atoms with Gasteiger partial charge in [-0.3, -0.25) is 4.79 Å². The van der Waals surface area contributed by atoms with Gasteiger partial charge in [0.1, 0.15) is 0 Å². The van der Waals surface area contributed by atoms with Gasteiger partial charge in [0.15, 0.2) is 0 Å². The van der Waals surface area contributed by atoms with Crippen molar-refractivity contribution in [2.24, 2.45) is 5.92 Å². The molecule has 0 bridgehead atoms. The Bertz CT molecular complexity index is 1200. The van der Waals surface area contributed by atoms with Crippen LogP contribution >= 0.6 is 11.8 Å². The Morgan fingerprint density at radius 2 is 1.59 bits per heavy atom. The van der Waals surface area contributed by atoms with Crippen LogP contribution in [-0.4, -0.2) is 41.3 Å². The first-order chi connectivity index (χ1) is 16.4. The van der Waals surface area contributed by atoms with Gasteiger partial charge in [0, 0.05) is 11.8 Å². The molecule has 0 aliphatic carbocycles. The number of rotatable bonds is 8. The first-order valence-electron chi connectivity index (χ1n) is 11.4. The molecule has 1 heterocycles. The summed E-state index contributed by atoms with van der Waals surface area (Å²) in [4.78, 5) is 12.5. The number of thioether (sulfide) groups is 1. The Hall–Kier alpha value is -2.61. The molecule has 0 spiro atoms. The van der Waals surface area contributed by atoms with Crippen molar-refractivity contribution < 1.29 is 18.3 Å². The van der Waals surface area contributed by atoms with Crippen LogP contribution in [0.1, 0.15) is 29.2 Å². The molecule has 1 fully saturated rings. The summed E-state index contributed by atoms with van der Waals surface area (Å²) < 4.78 is 28.8. The van der Waals surface area contributed by atoms with E-state index in [2.05, 4.69) is 12.1 Å². The van der Waals surface area contributed by atoms with Gasteiger partial charge in [-0.1, -0.05) is 78.4 Å². The largest absolute Gasteiger partial charge is 0.481 e. The lowest BCUT2D eigenvalue weighted by Gasteiger charge is -2.41. The number of piperidine rings is 1. The SMILES string of the molecule is Cc1ccc(S(=O)(=O)N2C[C@@H](C(=O)O)[C@H](SCCc3ccccc3)C[C@H]2c2ccccc2)cc1. The number of carbonyl (C=O) groups is 1. The van der Waals surface area contributed by atoms with Crippen LogP contribution in [0.3, 0.4) is 0 Å². The number of aliphatic carboxylic acids is 1. The van der Waals surface area contributed by atoms with Crippen LogP contribution in [0.4, 0.5) is 0 Å². The molecule has 0 aromatic heterocycles. The van der Waals surface area contributed by atoms with E-state index in [0.29, 0.717) is 6.42 Å². The summed E-state index contributed by atoms with van der Waals surface area (Å²) in [5.41, 5.74) is 3.06. The van der Waals surface area contributed by atoms with Crippen LogP contribution < -0.4 is 0 Å². The maximum atomic E-state index is 13.7. The molecule has 3 atom stereocenters. The van der Waals surface area contributed by atoms with Crippen LogP contribution in [0.15, 0.2) is 89.8 Å². The van der Waals surface area contributed by atoms with Gasteiger partial charge in [-0.15, -0.1) is 0 Å². The molecule has 1 saturated heterocycles. The highest BCUT2D eigenvalue weighted by molar-refractivity contribution is 7.99. The average Bonchev–Trinajstić information content (AvgIpc) is 2.85. The molecule has 5 nitrogen and oxygen atoms in total. The zero-order valence-electron chi connectivity index (χ0n) is 19.1. The van der Waals surface area contributed by atoms with Crippen molar-refractivity contribution in [3.63, 3.8) is 0 Å². The van der Waals surface area contributed by atoms with Crippen molar-refractivity contribution >= 4 is 27.8 Å². The van der Waals surface area contributed by atoms with E-state index in [0.717, 1.165) is 23.3 Å². The second-order valence-corrected chi connectivity index (χ2v) is 11.9. The van der Waals surface area contributed by atoms with Crippen molar-refractivity contribution in [2.75, 3.05) is 12.3 Å². The minimum Gasteiger partial charge on any atom is -0.481 e. The molecule has 0 unspecified atom stereocenters. The highest BCUT2D eigenvalue weighted by Gasteiger charge is 2.45. The fourth-order valence-corrected chi connectivity index (χ4v) is 7.48. The Morgan fingerprint density at radius 1 is 0.971 bits per heavy atom. The highest BCUT2D eigenvalue weighted by Crippen LogP contribution is 2.42. The highest BCUT2D eigenvalue weighted by atomic mass is 32.2. The van der Waals surface area contributed by atoms with Gasteiger partial charge >= 0.3 is 5.97 Å². The van der Waals surface area contributed by atoms with Crippen LogP contribution in [0.2, 0.25) is 0 Å². The Morgan fingerprint density at radius 3 is 2.21 bits per heavy atom. The van der Waals surface area contributed by atoms with Gasteiger partial charge in [0.2, 0.25) is 10.0 Å². The van der Waals surface area contributed by atoms with Crippen molar-refractivity contribution in [1.82, 2.24) is 4.31 Å². The molecule has 178 valence electrons. The molecule has 0 radical (unpaired) electrons. The quantitative estimate of drug-likeness (QED) is 0.466. The number of carboxylic acid groups (broad SMARTS) is 1. The predicted octanol–water partition coefficient (Wildman–Crippen LogP) is 5.18. The number of nitrogens with zero attached hydrogens (tertiary/aromatic N) is 1. The third kappa shape index (κ3) is 5.54. The predicted molar refractivity (Wildman–Crippen MR) is 136 cm³/mol. The molecule has 0 amide bonds. The van der Waals surface area contributed by atoms with Crippen molar-refractivity contribution in [1.29, 1.82) is 0 Å². The molecular formula is C27H29NO4S2. The molecule has 7 heteroatoms. The number of sulfonamides is 1. The first-order valence-corrected chi connectivity index (χ1v) is 13.9. The lowest BCUT2D eigenvalue weighted by molar-refractivity contribution is -0.143. The van der Waals surface area contributed by atoms with Crippen molar-refractivity contribution in [2.45, 2.75) is 36.0 Å². The Balaban J connectivity index is 1.62. The maximum Gasteiger partial charge on any atom is 0.308 e. The van der Waals surface area contributed by atoms with Gasteiger partial charge in [-0.2, -0.15) is 16.1 Å². The fourth-order valence-electron chi connectivity index (χ4n) is 4.42. The van der Waals surface area contributed by atoms with E-state index in [1.165, 1.54) is 9.87 Å². The van der Waals surface area contributed by atoms with Gasteiger partial charge in [-0.25, -0.2) is 8.42 Å². The lowest BCUT2D eigenvalue weighted by atomic mass is 9.90. The van der Waals surface area contributed by atoms with Gasteiger partial charge in [0.25, 0.3) is 0 Å². The molecule has 1 aliphatic rings. The number of hydrogen-bond donors (Lipinski definition) is 1. The molecule has 0 saturated carbocycles. The summed E-state index contributed by atoms with van der Waals surface area (Å²) in [7, 11) is -3.87. The number of carboxylic acids is 1. The third-order valence-electron chi connectivity index (χ3n) is 6.32. The third-order valence-corrected chi connectivity index (χ3v) is 9.60. The minimum absolute atomic E-state index is 0.0475. The molecule has 4 rings (SSSR count). The van der Waals surface area contributed by atoms with E-state index >= 15 is 0 Å². The molecule has 34 heavy (non-hydrogen) atoms. The lowest BCUT2D eigenvalue weighted by Crippen LogP contribution is -2.49. The number of aryl methyl sites for hydroxylation is 2. The van der Waals surface area contributed by atoms with E-state index < -0.39 is 28.0 Å². The molecule has 1 N–H and O–H groups in total. The second-order valence-electron chi connectivity index (χ2n) is 8.64. The minimum atomic E-state index is -3.87. The molecule has 1 aliphatic heterocycles. The van der Waals surface area contributed by atoms with E-state index in [-0.39, 0.29) is 16.7 Å². The number of hydrogen-bond acceptors (Lipinski definition) is 4. The summed E-state index contributed by atoms with van der Waals surface area (Å²) in [6, 6.07) is 26.0. The Labute approximate surface area is 205 Å². The topological polar surface area (TPSA) is 74.7 Å². The monoisotopic (exact) mass is 495 g/mol. The summed E-state index contributed by atoms with van der Waals surface area (Å²) in [6.45, 7) is 1.86. The van der Waals surface area contributed by atoms with Crippen molar-refractivity contribution in [3.05, 3.63) is 102 Å². The van der Waals surface area contributed by atoms with E-state index in [1.54, 1.807) is 36.0 Å². The van der Waals surface area contributed by atoms with Gasteiger partial charge in [-0.05, 0) is 48.8 Å². The zero-order valence-corrected chi connectivity index (χ0v) is 20.7. The normalized spacial score (nSPS) is 21.3. The first kappa shape index (κ1) is 24.5. The van der Waals surface area contributed by atoms with Gasteiger partial charge < -0.3 is 5.11 Å². The second kappa shape index (κ2) is 10.8. The van der Waals surface area contributed by atoms with Crippen LogP contribution in [0.5, 0.6) is 0 Å². The van der Waals surface area contributed by atoms with E-state index in [1.807, 2.05) is 55.5 Å². The Kier molecular flexibility index (Phi) is 7.76. The summed E-state index contributed by atoms with van der Waals surface area (Å²) in [5, 5.41) is 9.85. The maximum absolute atomic E-state index is 13.7. The summed E-state index contributed by atoms with van der Waals surface area (Å²) in [5.74, 6) is -0.946. The molecule has 3 aromatic carbocycles. The standard InChI is InChI=1S/C27H29NO4S2/c1-20-12-14-23(15-13-20)34(31,32)28-19-24(27(29)30)26(18-25(28)22-10-6-3-7-11-22)33-17-16-21-8-4-2-5-9-21/h2-15,24-26H,16-19H2,1H3,(H,29,30)/t24-,25+,26-/m1/s1. The van der Waals surface area contributed by atoms with Crippen LogP contribution in [0.25, 0.3) is 0 Å². The fraction of sp³-hybridized carbons (Fsp3) is 0.296. The smallest absolute Gasteiger partial charge is 0.308 e. The molecule has 3 aromatic rings.